The van der Waals surface area contributed by atoms with Crippen molar-refractivity contribution in [2.24, 2.45) is 7.05 Å². The Bertz CT molecular complexity index is 554. The molecule has 1 fully saturated rings. The molecule has 102 valence electrons. The van der Waals surface area contributed by atoms with E-state index in [4.69, 9.17) is 11.6 Å². The van der Waals surface area contributed by atoms with Gasteiger partial charge in [0.05, 0.1) is 5.69 Å². The SMILES string of the molecule is Cc1nn(C)c(Cl)c1S(=O)(=O)N1CCNC(C)C1. The first-order valence-electron chi connectivity index (χ1n) is 5.76. The third-order valence-electron chi connectivity index (χ3n) is 3.03. The molecule has 2 heterocycles. The summed E-state index contributed by atoms with van der Waals surface area (Å²) >= 11 is 6.03. The molecule has 1 aromatic rings. The van der Waals surface area contributed by atoms with E-state index in [-0.39, 0.29) is 16.1 Å². The van der Waals surface area contributed by atoms with Crippen LogP contribution in [-0.4, -0.2) is 48.2 Å². The van der Waals surface area contributed by atoms with Gasteiger partial charge in [0.1, 0.15) is 10.0 Å². The second kappa shape index (κ2) is 4.80. The molecule has 1 atom stereocenters. The number of piperazine rings is 1. The quantitative estimate of drug-likeness (QED) is 0.855. The van der Waals surface area contributed by atoms with Gasteiger partial charge in [-0.05, 0) is 13.8 Å². The van der Waals surface area contributed by atoms with Crippen LogP contribution in [0.25, 0.3) is 0 Å². The second-order valence-corrected chi connectivity index (χ2v) is 6.78. The average molecular weight is 293 g/mol. The van der Waals surface area contributed by atoms with Crippen molar-refractivity contribution in [3.8, 4) is 0 Å². The number of nitrogens with one attached hydrogen (secondary N) is 1. The van der Waals surface area contributed by atoms with Gasteiger partial charge in [0.15, 0.2) is 0 Å². The Morgan fingerprint density at radius 1 is 1.50 bits per heavy atom. The van der Waals surface area contributed by atoms with Crippen LogP contribution in [0.3, 0.4) is 0 Å². The smallest absolute Gasteiger partial charge is 0.248 e. The van der Waals surface area contributed by atoms with Crippen molar-refractivity contribution in [2.75, 3.05) is 19.6 Å². The number of halogens is 1. The molecule has 1 aliphatic rings. The van der Waals surface area contributed by atoms with Gasteiger partial charge in [-0.1, -0.05) is 11.6 Å². The normalized spacial score (nSPS) is 22.3. The molecule has 1 unspecified atom stereocenters. The highest BCUT2D eigenvalue weighted by atomic mass is 35.5. The predicted molar refractivity (Wildman–Crippen MR) is 69.2 cm³/mol. The van der Waals surface area contributed by atoms with E-state index in [1.54, 1.807) is 14.0 Å². The first-order chi connectivity index (χ1) is 8.34. The highest BCUT2D eigenvalue weighted by Crippen LogP contribution is 2.27. The van der Waals surface area contributed by atoms with Gasteiger partial charge in [0.2, 0.25) is 10.0 Å². The van der Waals surface area contributed by atoms with E-state index < -0.39 is 10.0 Å². The lowest BCUT2D eigenvalue weighted by molar-refractivity contribution is 0.310. The monoisotopic (exact) mass is 292 g/mol. The minimum Gasteiger partial charge on any atom is -0.312 e. The molecule has 0 amide bonds. The molecular formula is C10H17ClN4O2S. The molecule has 0 spiro atoms. The molecule has 0 bridgehead atoms. The Morgan fingerprint density at radius 2 is 2.17 bits per heavy atom. The van der Waals surface area contributed by atoms with Crippen molar-refractivity contribution in [3.05, 3.63) is 10.8 Å². The summed E-state index contributed by atoms with van der Waals surface area (Å²) in [4.78, 5) is 0.126. The topological polar surface area (TPSA) is 67.2 Å². The number of hydrogen-bond donors (Lipinski definition) is 1. The Morgan fingerprint density at radius 3 is 2.67 bits per heavy atom. The number of aryl methyl sites for hydroxylation is 2. The van der Waals surface area contributed by atoms with E-state index in [9.17, 15) is 8.42 Å². The summed E-state index contributed by atoms with van der Waals surface area (Å²) in [5, 5.41) is 7.43. The summed E-state index contributed by atoms with van der Waals surface area (Å²) in [7, 11) is -1.92. The van der Waals surface area contributed by atoms with Gasteiger partial charge in [-0.3, -0.25) is 4.68 Å². The summed E-state index contributed by atoms with van der Waals surface area (Å²) in [6.07, 6.45) is 0. The second-order valence-electron chi connectivity index (χ2n) is 4.55. The zero-order valence-corrected chi connectivity index (χ0v) is 12.2. The van der Waals surface area contributed by atoms with Gasteiger partial charge < -0.3 is 5.32 Å². The van der Waals surface area contributed by atoms with Gasteiger partial charge >= 0.3 is 0 Å². The molecule has 1 aliphatic heterocycles. The number of sulfonamides is 1. The maximum atomic E-state index is 12.5. The molecule has 1 saturated heterocycles. The zero-order valence-electron chi connectivity index (χ0n) is 10.6. The van der Waals surface area contributed by atoms with Crippen molar-refractivity contribution in [1.29, 1.82) is 0 Å². The fourth-order valence-electron chi connectivity index (χ4n) is 2.15. The Hall–Kier alpha value is -0.630. The van der Waals surface area contributed by atoms with Gasteiger partial charge in [0.25, 0.3) is 0 Å². The van der Waals surface area contributed by atoms with E-state index in [1.807, 2.05) is 6.92 Å². The van der Waals surface area contributed by atoms with Crippen LogP contribution in [0.2, 0.25) is 5.15 Å². The summed E-state index contributed by atoms with van der Waals surface area (Å²) in [5.74, 6) is 0. The Labute approximate surface area is 112 Å². The van der Waals surface area contributed by atoms with Gasteiger partial charge in [-0.25, -0.2) is 8.42 Å². The first-order valence-corrected chi connectivity index (χ1v) is 7.58. The molecule has 8 heteroatoms. The highest BCUT2D eigenvalue weighted by Gasteiger charge is 2.33. The predicted octanol–water partition coefficient (Wildman–Crippen LogP) is 0.364. The van der Waals surface area contributed by atoms with Crippen LogP contribution in [0.15, 0.2) is 4.90 Å². The third kappa shape index (κ3) is 2.27. The van der Waals surface area contributed by atoms with E-state index >= 15 is 0 Å². The van der Waals surface area contributed by atoms with E-state index in [0.717, 1.165) is 0 Å². The van der Waals surface area contributed by atoms with Crippen molar-refractivity contribution in [1.82, 2.24) is 19.4 Å². The van der Waals surface area contributed by atoms with Gasteiger partial charge in [-0.2, -0.15) is 9.40 Å². The lowest BCUT2D eigenvalue weighted by atomic mass is 10.3. The molecule has 0 aromatic carbocycles. The minimum atomic E-state index is -3.56. The van der Waals surface area contributed by atoms with Crippen molar-refractivity contribution in [2.45, 2.75) is 24.8 Å². The lowest BCUT2D eigenvalue weighted by Crippen LogP contribution is -2.51. The van der Waals surface area contributed by atoms with Crippen LogP contribution in [-0.2, 0) is 17.1 Å². The molecule has 0 aliphatic carbocycles. The van der Waals surface area contributed by atoms with Crippen LogP contribution in [0.5, 0.6) is 0 Å². The molecule has 18 heavy (non-hydrogen) atoms. The molecule has 6 nitrogen and oxygen atoms in total. The van der Waals surface area contributed by atoms with Crippen molar-refractivity contribution < 1.29 is 8.42 Å². The molecule has 0 saturated carbocycles. The van der Waals surface area contributed by atoms with Gasteiger partial charge in [0, 0.05) is 32.7 Å². The third-order valence-corrected chi connectivity index (χ3v) is 5.59. The molecule has 2 rings (SSSR count). The fourth-order valence-corrected chi connectivity index (χ4v) is 4.38. The molecular weight excluding hydrogens is 276 g/mol. The van der Waals surface area contributed by atoms with Crippen molar-refractivity contribution in [3.63, 3.8) is 0 Å². The van der Waals surface area contributed by atoms with Gasteiger partial charge in [-0.15, -0.1) is 0 Å². The fraction of sp³-hybridized carbons (Fsp3) is 0.700. The summed E-state index contributed by atoms with van der Waals surface area (Å²) in [6, 6.07) is 0.143. The molecule has 0 radical (unpaired) electrons. The molecule has 1 aromatic heterocycles. The summed E-state index contributed by atoms with van der Waals surface area (Å²) in [6.45, 7) is 5.17. The maximum Gasteiger partial charge on any atom is 0.248 e. The summed E-state index contributed by atoms with van der Waals surface area (Å²) < 4.78 is 27.9. The van der Waals surface area contributed by atoms with Crippen LogP contribution >= 0.6 is 11.6 Å². The van der Waals surface area contributed by atoms with Crippen LogP contribution in [0.4, 0.5) is 0 Å². The minimum absolute atomic E-state index is 0.126. The van der Waals surface area contributed by atoms with Crippen LogP contribution in [0, 0.1) is 6.92 Å². The lowest BCUT2D eigenvalue weighted by Gasteiger charge is -2.30. The Balaban J connectivity index is 2.42. The molecule has 1 N–H and O–H groups in total. The van der Waals surface area contributed by atoms with E-state index in [0.29, 0.717) is 25.3 Å². The Kier molecular flexibility index (Phi) is 3.68. The zero-order chi connectivity index (χ0) is 13.5. The maximum absolute atomic E-state index is 12.5. The first kappa shape index (κ1) is 13.8. The number of hydrogen-bond acceptors (Lipinski definition) is 4. The standard InChI is InChI=1S/C10H17ClN4O2S/c1-7-6-15(5-4-12-7)18(16,17)9-8(2)13-14(3)10(9)11/h7,12H,4-6H2,1-3H3. The average Bonchev–Trinajstić information content (AvgIpc) is 2.53. The van der Waals surface area contributed by atoms with Crippen molar-refractivity contribution >= 4 is 21.6 Å². The van der Waals surface area contributed by atoms with Crippen LogP contribution in [0.1, 0.15) is 12.6 Å². The number of aromatic nitrogens is 2. The highest BCUT2D eigenvalue weighted by molar-refractivity contribution is 7.89. The largest absolute Gasteiger partial charge is 0.312 e. The van der Waals surface area contributed by atoms with E-state index in [2.05, 4.69) is 10.4 Å². The van der Waals surface area contributed by atoms with E-state index in [1.165, 1.54) is 8.99 Å². The van der Waals surface area contributed by atoms with Crippen LogP contribution < -0.4 is 5.32 Å². The summed E-state index contributed by atoms with van der Waals surface area (Å²) in [5.41, 5.74) is 0.439. The number of nitrogens with zero attached hydrogens (tertiary/aromatic N) is 3. The number of rotatable bonds is 2.